The van der Waals surface area contributed by atoms with Gasteiger partial charge in [-0.25, -0.2) is 4.39 Å². The van der Waals surface area contributed by atoms with E-state index < -0.39 is 5.82 Å². The minimum absolute atomic E-state index is 0.0131. The molecule has 1 amide bonds. The quantitative estimate of drug-likeness (QED) is 0.898. The predicted octanol–water partition coefficient (Wildman–Crippen LogP) is 2.51. The number of carbonyl (C=O) groups excluding carboxylic acids is 1. The first-order valence-electron chi connectivity index (χ1n) is 5.71. The van der Waals surface area contributed by atoms with Crippen LogP contribution in [0.4, 0.5) is 10.1 Å². The van der Waals surface area contributed by atoms with Crippen LogP contribution >= 0.6 is 23.4 Å². The first-order valence-corrected chi connectivity index (χ1v) is 7.24. The summed E-state index contributed by atoms with van der Waals surface area (Å²) in [6.07, 6.45) is 0.419. The smallest absolute Gasteiger partial charge is 0.225 e. The molecule has 3 nitrogen and oxygen atoms in total. The molecule has 1 heterocycles. The van der Waals surface area contributed by atoms with E-state index in [4.69, 9.17) is 11.6 Å². The monoisotopic (exact) mass is 288 g/mol. The summed E-state index contributed by atoms with van der Waals surface area (Å²) < 4.78 is 13.0. The fraction of sp³-hybridized carbons (Fsp3) is 0.417. The molecule has 1 aromatic rings. The van der Waals surface area contributed by atoms with Gasteiger partial charge in [-0.3, -0.25) is 4.79 Å². The molecule has 18 heavy (non-hydrogen) atoms. The van der Waals surface area contributed by atoms with Gasteiger partial charge in [0, 0.05) is 36.2 Å². The second-order valence-electron chi connectivity index (χ2n) is 4.11. The maximum absolute atomic E-state index is 13.0. The molecular formula is C12H14ClFN2OS. The molecule has 1 saturated heterocycles. The van der Waals surface area contributed by atoms with E-state index >= 15 is 0 Å². The molecule has 0 bridgehead atoms. The number of anilines is 1. The van der Waals surface area contributed by atoms with E-state index in [2.05, 4.69) is 10.6 Å². The number of halogens is 2. The fourth-order valence-electron chi connectivity index (χ4n) is 1.76. The van der Waals surface area contributed by atoms with Crippen LogP contribution in [0.25, 0.3) is 0 Å². The van der Waals surface area contributed by atoms with Crippen molar-refractivity contribution in [3.05, 3.63) is 29.0 Å². The highest BCUT2D eigenvalue weighted by molar-refractivity contribution is 7.99. The summed E-state index contributed by atoms with van der Waals surface area (Å²) in [5.74, 6) is 1.46. The molecule has 6 heteroatoms. The SMILES string of the molecule is O=C(CC1CSCCN1)Nc1ccc(F)c(Cl)c1. The molecule has 1 fully saturated rings. The largest absolute Gasteiger partial charge is 0.326 e. The Morgan fingerprint density at radius 3 is 3.11 bits per heavy atom. The lowest BCUT2D eigenvalue weighted by atomic mass is 10.2. The zero-order chi connectivity index (χ0) is 13.0. The van der Waals surface area contributed by atoms with Crippen LogP contribution in [-0.2, 0) is 4.79 Å². The van der Waals surface area contributed by atoms with Gasteiger partial charge in [0.2, 0.25) is 5.91 Å². The van der Waals surface area contributed by atoms with E-state index in [1.807, 2.05) is 11.8 Å². The van der Waals surface area contributed by atoms with Crippen LogP contribution in [0.2, 0.25) is 5.02 Å². The van der Waals surface area contributed by atoms with Crippen LogP contribution < -0.4 is 10.6 Å². The molecule has 1 aromatic carbocycles. The van der Waals surface area contributed by atoms with Crippen molar-refractivity contribution in [2.45, 2.75) is 12.5 Å². The van der Waals surface area contributed by atoms with Crippen LogP contribution in [0.3, 0.4) is 0 Å². The van der Waals surface area contributed by atoms with E-state index in [1.165, 1.54) is 18.2 Å². The molecule has 2 rings (SSSR count). The van der Waals surface area contributed by atoms with Crippen molar-refractivity contribution in [2.24, 2.45) is 0 Å². The summed E-state index contributed by atoms with van der Waals surface area (Å²) in [7, 11) is 0. The van der Waals surface area contributed by atoms with Crippen LogP contribution in [0.15, 0.2) is 18.2 Å². The van der Waals surface area contributed by atoms with Gasteiger partial charge in [0.25, 0.3) is 0 Å². The van der Waals surface area contributed by atoms with E-state index in [1.54, 1.807) is 0 Å². The number of hydrogen-bond acceptors (Lipinski definition) is 3. The summed E-state index contributed by atoms with van der Waals surface area (Å²) in [6, 6.07) is 4.37. The number of benzene rings is 1. The van der Waals surface area contributed by atoms with E-state index in [9.17, 15) is 9.18 Å². The number of amides is 1. The molecule has 98 valence electrons. The average molecular weight is 289 g/mol. The number of thioether (sulfide) groups is 1. The van der Waals surface area contributed by atoms with Crippen molar-refractivity contribution in [1.82, 2.24) is 5.32 Å². The minimum Gasteiger partial charge on any atom is -0.326 e. The van der Waals surface area contributed by atoms with Gasteiger partial charge in [-0.2, -0.15) is 11.8 Å². The highest BCUT2D eigenvalue weighted by Gasteiger charge is 2.16. The number of rotatable bonds is 3. The number of carbonyl (C=O) groups is 1. The number of nitrogens with one attached hydrogen (secondary N) is 2. The van der Waals surface area contributed by atoms with Gasteiger partial charge in [0.05, 0.1) is 5.02 Å². The molecule has 0 radical (unpaired) electrons. The van der Waals surface area contributed by atoms with Crippen molar-refractivity contribution in [1.29, 1.82) is 0 Å². The zero-order valence-corrected chi connectivity index (χ0v) is 11.3. The van der Waals surface area contributed by atoms with Gasteiger partial charge in [0.15, 0.2) is 0 Å². The summed E-state index contributed by atoms with van der Waals surface area (Å²) in [5, 5.41) is 6.02. The van der Waals surface area contributed by atoms with Crippen LogP contribution in [0.5, 0.6) is 0 Å². The van der Waals surface area contributed by atoms with Gasteiger partial charge in [0.1, 0.15) is 5.82 Å². The Bertz CT molecular complexity index is 438. The number of hydrogen-bond donors (Lipinski definition) is 2. The molecule has 2 N–H and O–H groups in total. The van der Waals surface area contributed by atoms with Crippen molar-refractivity contribution in [3.63, 3.8) is 0 Å². The van der Waals surface area contributed by atoms with Gasteiger partial charge in [-0.1, -0.05) is 11.6 Å². The molecule has 0 aliphatic carbocycles. The van der Waals surface area contributed by atoms with Crippen LogP contribution in [0.1, 0.15) is 6.42 Å². The van der Waals surface area contributed by atoms with Crippen LogP contribution in [0, 0.1) is 5.82 Å². The molecule has 1 aliphatic heterocycles. The molecule has 1 aliphatic rings. The van der Waals surface area contributed by atoms with Crippen molar-refractivity contribution in [2.75, 3.05) is 23.4 Å². The normalized spacial score (nSPS) is 19.6. The molecule has 0 saturated carbocycles. The van der Waals surface area contributed by atoms with Gasteiger partial charge >= 0.3 is 0 Å². The van der Waals surface area contributed by atoms with Crippen molar-refractivity contribution >= 4 is 35.0 Å². The Labute approximate surface area is 114 Å². The lowest BCUT2D eigenvalue weighted by molar-refractivity contribution is -0.116. The van der Waals surface area contributed by atoms with Gasteiger partial charge < -0.3 is 10.6 Å². The first kappa shape index (κ1) is 13.6. The molecule has 1 atom stereocenters. The second-order valence-corrected chi connectivity index (χ2v) is 5.66. The van der Waals surface area contributed by atoms with E-state index in [-0.39, 0.29) is 17.0 Å². The lowest BCUT2D eigenvalue weighted by Crippen LogP contribution is -2.39. The summed E-state index contributed by atoms with van der Waals surface area (Å²) in [6.45, 7) is 0.936. The highest BCUT2D eigenvalue weighted by atomic mass is 35.5. The van der Waals surface area contributed by atoms with Crippen LogP contribution in [-0.4, -0.2) is 30.0 Å². The topological polar surface area (TPSA) is 41.1 Å². The second kappa shape index (κ2) is 6.41. The maximum atomic E-state index is 13.0. The van der Waals surface area contributed by atoms with E-state index in [0.717, 1.165) is 18.1 Å². The Morgan fingerprint density at radius 1 is 1.61 bits per heavy atom. The Hall–Kier alpha value is -0.780. The summed E-state index contributed by atoms with van der Waals surface area (Å²) >= 11 is 7.49. The molecular weight excluding hydrogens is 275 g/mol. The Morgan fingerprint density at radius 2 is 2.44 bits per heavy atom. The maximum Gasteiger partial charge on any atom is 0.225 e. The molecule has 1 unspecified atom stereocenters. The average Bonchev–Trinajstić information content (AvgIpc) is 2.35. The van der Waals surface area contributed by atoms with Gasteiger partial charge in [-0.05, 0) is 18.2 Å². The minimum atomic E-state index is -0.486. The fourth-order valence-corrected chi connectivity index (χ4v) is 2.89. The lowest BCUT2D eigenvalue weighted by Gasteiger charge is -2.22. The standard InChI is InChI=1S/C12H14ClFN2OS/c13-10-5-8(1-2-11(10)14)16-12(17)6-9-7-18-4-3-15-9/h1-2,5,9,15H,3-4,6-7H2,(H,16,17). The van der Waals surface area contributed by atoms with Gasteiger partial charge in [-0.15, -0.1) is 0 Å². The van der Waals surface area contributed by atoms with Crippen molar-refractivity contribution in [3.8, 4) is 0 Å². The molecule has 0 aromatic heterocycles. The Balaban J connectivity index is 1.88. The predicted molar refractivity (Wildman–Crippen MR) is 73.8 cm³/mol. The molecule has 0 spiro atoms. The highest BCUT2D eigenvalue weighted by Crippen LogP contribution is 2.19. The third-order valence-corrected chi connectivity index (χ3v) is 4.05. The van der Waals surface area contributed by atoms with E-state index in [0.29, 0.717) is 12.1 Å². The first-order chi connectivity index (χ1) is 8.65. The third-order valence-electron chi connectivity index (χ3n) is 2.63. The zero-order valence-electron chi connectivity index (χ0n) is 9.71. The van der Waals surface area contributed by atoms with Crippen molar-refractivity contribution < 1.29 is 9.18 Å². The Kier molecular flexibility index (Phi) is 4.86. The third kappa shape index (κ3) is 3.86. The summed E-state index contributed by atoms with van der Waals surface area (Å²) in [5.41, 5.74) is 0.523. The summed E-state index contributed by atoms with van der Waals surface area (Å²) in [4.78, 5) is 11.8.